The molecule has 1 N–H and O–H groups in total. The van der Waals surface area contributed by atoms with E-state index in [2.05, 4.69) is 15.3 Å². The molecule has 0 amide bonds. The van der Waals surface area contributed by atoms with Crippen molar-refractivity contribution < 1.29 is 4.39 Å². The minimum absolute atomic E-state index is 0.336. The Kier molecular flexibility index (Phi) is 3.90. The van der Waals surface area contributed by atoms with Gasteiger partial charge in [-0.2, -0.15) is 0 Å². The van der Waals surface area contributed by atoms with Crippen molar-refractivity contribution in [1.29, 1.82) is 0 Å². The number of anilines is 1. The van der Waals surface area contributed by atoms with Crippen molar-refractivity contribution in [2.45, 2.75) is 13.5 Å². The van der Waals surface area contributed by atoms with E-state index in [1.807, 2.05) is 60.1 Å². The summed E-state index contributed by atoms with van der Waals surface area (Å²) in [7, 11) is 0. The van der Waals surface area contributed by atoms with E-state index in [4.69, 9.17) is 0 Å². The van der Waals surface area contributed by atoms with Gasteiger partial charge in [0.05, 0.1) is 18.4 Å². The van der Waals surface area contributed by atoms with Crippen LogP contribution in [0.3, 0.4) is 0 Å². The molecule has 0 aliphatic heterocycles. The van der Waals surface area contributed by atoms with E-state index in [0.29, 0.717) is 6.54 Å². The van der Waals surface area contributed by atoms with E-state index < -0.39 is 0 Å². The van der Waals surface area contributed by atoms with Crippen LogP contribution in [-0.4, -0.2) is 14.4 Å². The first-order chi connectivity index (χ1) is 12.2. The summed E-state index contributed by atoms with van der Waals surface area (Å²) < 4.78 is 15.4. The molecule has 0 atom stereocenters. The first-order valence-electron chi connectivity index (χ1n) is 8.07. The van der Waals surface area contributed by atoms with Gasteiger partial charge in [-0.15, -0.1) is 0 Å². The van der Waals surface area contributed by atoms with Crippen LogP contribution < -0.4 is 5.32 Å². The Morgan fingerprint density at radius 2 is 2.00 bits per heavy atom. The molecule has 0 fully saturated rings. The lowest BCUT2D eigenvalue weighted by molar-refractivity contribution is 0.622. The van der Waals surface area contributed by atoms with Crippen molar-refractivity contribution in [3.8, 4) is 11.1 Å². The first-order valence-corrected chi connectivity index (χ1v) is 8.07. The van der Waals surface area contributed by atoms with Gasteiger partial charge in [0.1, 0.15) is 11.5 Å². The van der Waals surface area contributed by atoms with Crippen LogP contribution in [0.4, 0.5) is 10.1 Å². The molecule has 4 rings (SSSR count). The van der Waals surface area contributed by atoms with Crippen LogP contribution in [0, 0.1) is 12.7 Å². The zero-order valence-electron chi connectivity index (χ0n) is 13.8. The number of hydrogen-bond donors (Lipinski definition) is 1. The zero-order chi connectivity index (χ0) is 17.2. The molecule has 0 unspecified atom stereocenters. The molecule has 4 aromatic rings. The fourth-order valence-electron chi connectivity index (χ4n) is 2.82. The molecule has 0 bridgehead atoms. The van der Waals surface area contributed by atoms with Crippen LogP contribution >= 0.6 is 0 Å². The lowest BCUT2D eigenvalue weighted by atomic mass is 10.0. The monoisotopic (exact) mass is 332 g/mol. The molecule has 5 heteroatoms. The second-order valence-electron chi connectivity index (χ2n) is 5.97. The van der Waals surface area contributed by atoms with Crippen molar-refractivity contribution in [2.24, 2.45) is 0 Å². The summed E-state index contributed by atoms with van der Waals surface area (Å²) in [5, 5.41) is 3.42. The van der Waals surface area contributed by atoms with Crippen LogP contribution in [0.2, 0.25) is 0 Å². The topological polar surface area (TPSA) is 42.2 Å². The Morgan fingerprint density at radius 1 is 1.08 bits per heavy atom. The number of halogens is 1. The van der Waals surface area contributed by atoms with Crippen LogP contribution in [0.5, 0.6) is 0 Å². The lowest BCUT2D eigenvalue weighted by Crippen LogP contribution is -2.01. The molecule has 124 valence electrons. The Hall–Kier alpha value is -3.21. The number of pyridine rings is 2. The summed E-state index contributed by atoms with van der Waals surface area (Å²) in [6, 6.07) is 13.4. The number of nitrogens with one attached hydrogen (secondary N) is 1. The maximum atomic E-state index is 13.4. The standard InChI is InChI=1S/C20H17FN4/c1-14-5-6-15(16-8-17(21)11-22-10-16)9-19(14)23-12-18-13-25-7-3-2-4-20(25)24-18/h2-11,13,23H,12H2,1H3. The van der Waals surface area contributed by atoms with Crippen LogP contribution in [0.15, 0.2) is 67.3 Å². The van der Waals surface area contributed by atoms with Gasteiger partial charge >= 0.3 is 0 Å². The predicted octanol–water partition coefficient (Wildman–Crippen LogP) is 4.46. The third-order valence-corrected chi connectivity index (χ3v) is 4.15. The SMILES string of the molecule is Cc1ccc(-c2cncc(F)c2)cc1NCc1cn2ccccc2n1. The summed E-state index contributed by atoms with van der Waals surface area (Å²) in [5.74, 6) is -0.336. The van der Waals surface area contributed by atoms with Gasteiger partial charge in [0, 0.05) is 29.8 Å². The molecule has 0 radical (unpaired) electrons. The number of hydrogen-bond acceptors (Lipinski definition) is 3. The summed E-state index contributed by atoms with van der Waals surface area (Å²) in [6.45, 7) is 2.66. The molecule has 1 aromatic carbocycles. The second-order valence-corrected chi connectivity index (χ2v) is 5.97. The Labute approximate surface area is 145 Å². The maximum absolute atomic E-state index is 13.4. The van der Waals surface area contributed by atoms with E-state index in [1.54, 1.807) is 6.20 Å². The van der Waals surface area contributed by atoms with E-state index in [9.17, 15) is 4.39 Å². The molecule has 0 saturated carbocycles. The molecule has 0 spiro atoms. The van der Waals surface area contributed by atoms with Gasteiger partial charge in [-0.05, 0) is 42.3 Å². The van der Waals surface area contributed by atoms with Crippen molar-refractivity contribution >= 4 is 11.3 Å². The van der Waals surface area contributed by atoms with Crippen molar-refractivity contribution in [3.63, 3.8) is 0 Å². The normalized spacial score (nSPS) is 11.0. The molecular formula is C20H17FN4. The highest BCUT2D eigenvalue weighted by Gasteiger charge is 2.06. The largest absolute Gasteiger partial charge is 0.379 e. The third-order valence-electron chi connectivity index (χ3n) is 4.15. The third kappa shape index (κ3) is 3.21. The van der Waals surface area contributed by atoms with Crippen molar-refractivity contribution in [2.75, 3.05) is 5.32 Å². The quantitative estimate of drug-likeness (QED) is 0.600. The smallest absolute Gasteiger partial charge is 0.142 e. The number of fused-ring (bicyclic) bond motifs is 1. The molecule has 0 aliphatic carbocycles. The number of benzene rings is 1. The fraction of sp³-hybridized carbons (Fsp3) is 0.100. The van der Waals surface area contributed by atoms with E-state index in [-0.39, 0.29) is 5.82 Å². The zero-order valence-corrected chi connectivity index (χ0v) is 13.8. The first kappa shape index (κ1) is 15.3. The summed E-state index contributed by atoms with van der Waals surface area (Å²) in [6.07, 6.45) is 6.87. The Morgan fingerprint density at radius 3 is 2.84 bits per heavy atom. The summed E-state index contributed by atoms with van der Waals surface area (Å²) >= 11 is 0. The molecule has 4 nitrogen and oxygen atoms in total. The second kappa shape index (κ2) is 6.36. The molecule has 25 heavy (non-hydrogen) atoms. The van der Waals surface area contributed by atoms with Gasteiger partial charge in [0.2, 0.25) is 0 Å². The van der Waals surface area contributed by atoms with Crippen LogP contribution in [-0.2, 0) is 6.54 Å². The minimum atomic E-state index is -0.336. The molecule has 0 aliphatic rings. The van der Waals surface area contributed by atoms with Gasteiger partial charge in [0.25, 0.3) is 0 Å². The predicted molar refractivity (Wildman–Crippen MR) is 96.9 cm³/mol. The number of aryl methyl sites for hydroxylation is 1. The Balaban J connectivity index is 1.58. The Bertz CT molecular complexity index is 1010. The van der Waals surface area contributed by atoms with E-state index in [1.165, 1.54) is 12.3 Å². The number of imidazole rings is 1. The highest BCUT2D eigenvalue weighted by molar-refractivity contribution is 5.69. The molecule has 3 heterocycles. The van der Waals surface area contributed by atoms with Gasteiger partial charge in [-0.3, -0.25) is 4.98 Å². The van der Waals surface area contributed by atoms with Crippen LogP contribution in [0.25, 0.3) is 16.8 Å². The highest BCUT2D eigenvalue weighted by Crippen LogP contribution is 2.25. The average molecular weight is 332 g/mol. The van der Waals surface area contributed by atoms with E-state index >= 15 is 0 Å². The highest BCUT2D eigenvalue weighted by atomic mass is 19.1. The number of rotatable bonds is 4. The average Bonchev–Trinajstić information content (AvgIpc) is 3.04. The van der Waals surface area contributed by atoms with Gasteiger partial charge in [0.15, 0.2) is 0 Å². The van der Waals surface area contributed by atoms with Gasteiger partial charge < -0.3 is 9.72 Å². The van der Waals surface area contributed by atoms with Crippen LogP contribution in [0.1, 0.15) is 11.3 Å². The molecule has 0 saturated heterocycles. The minimum Gasteiger partial charge on any atom is -0.379 e. The maximum Gasteiger partial charge on any atom is 0.142 e. The van der Waals surface area contributed by atoms with Gasteiger partial charge in [-0.25, -0.2) is 9.37 Å². The lowest BCUT2D eigenvalue weighted by Gasteiger charge is -2.11. The number of nitrogens with zero attached hydrogens (tertiary/aromatic N) is 3. The van der Waals surface area contributed by atoms with Gasteiger partial charge in [-0.1, -0.05) is 18.2 Å². The summed E-state index contributed by atoms with van der Waals surface area (Å²) in [4.78, 5) is 8.51. The van der Waals surface area contributed by atoms with Crippen molar-refractivity contribution in [3.05, 3.63) is 84.3 Å². The fourth-order valence-corrected chi connectivity index (χ4v) is 2.82. The molecular weight excluding hydrogens is 315 g/mol. The molecule has 3 aromatic heterocycles. The number of aromatic nitrogens is 3. The summed E-state index contributed by atoms with van der Waals surface area (Å²) in [5.41, 5.74) is 5.70. The van der Waals surface area contributed by atoms with Crippen molar-refractivity contribution in [1.82, 2.24) is 14.4 Å². The van der Waals surface area contributed by atoms with E-state index in [0.717, 1.165) is 33.7 Å².